The minimum atomic E-state index is -1.01. The van der Waals surface area contributed by atoms with Gasteiger partial charge < -0.3 is 9.84 Å². The number of rotatable bonds is 4. The summed E-state index contributed by atoms with van der Waals surface area (Å²) >= 11 is 1.78. The van der Waals surface area contributed by atoms with Crippen LogP contribution in [0, 0.1) is 11.8 Å². The molecule has 1 amide bonds. The number of benzene rings is 2. The molecule has 1 N–H and O–H groups in total. The lowest BCUT2D eigenvalue weighted by Gasteiger charge is -2.35. The highest BCUT2D eigenvalue weighted by Crippen LogP contribution is 2.25. The van der Waals surface area contributed by atoms with Crippen LogP contribution in [0.15, 0.2) is 53.4 Å². The summed E-state index contributed by atoms with van der Waals surface area (Å²) in [6, 6.07) is 15.4. The second kappa shape index (κ2) is 12.4. The van der Waals surface area contributed by atoms with E-state index in [-0.39, 0.29) is 6.54 Å². The zero-order valence-electron chi connectivity index (χ0n) is 20.1. The third-order valence-electron chi connectivity index (χ3n) is 5.04. The van der Waals surface area contributed by atoms with E-state index in [4.69, 9.17) is 4.74 Å². The highest BCUT2D eigenvalue weighted by Gasteiger charge is 2.36. The van der Waals surface area contributed by atoms with E-state index in [1.807, 2.05) is 31.2 Å². The van der Waals surface area contributed by atoms with Crippen molar-refractivity contribution in [3.63, 3.8) is 0 Å². The molecule has 1 aliphatic heterocycles. The fourth-order valence-corrected chi connectivity index (χ4v) is 3.79. The average Bonchev–Trinajstić information content (AvgIpc) is 2.78. The van der Waals surface area contributed by atoms with Gasteiger partial charge in [0.1, 0.15) is 11.6 Å². The van der Waals surface area contributed by atoms with Gasteiger partial charge in [-0.3, -0.25) is 4.90 Å². The van der Waals surface area contributed by atoms with Gasteiger partial charge in [-0.1, -0.05) is 36.4 Å². The Labute approximate surface area is 201 Å². The number of thioether (sulfide) groups is 1. The molecule has 1 aliphatic rings. The van der Waals surface area contributed by atoms with Gasteiger partial charge in [0.2, 0.25) is 0 Å². The topological polar surface area (TPSA) is 66.8 Å². The molecule has 2 aromatic rings. The number of nitrogens with zero attached hydrogens (tertiary/aromatic N) is 1. The number of carboxylic acid groups (broad SMARTS) is 1. The molecular formula is C27H33NO4S. The van der Waals surface area contributed by atoms with Gasteiger partial charge in [0.05, 0.1) is 6.54 Å². The lowest BCUT2D eigenvalue weighted by molar-refractivity contribution is -0.143. The van der Waals surface area contributed by atoms with Crippen LogP contribution in [-0.2, 0) is 28.9 Å². The Balaban J connectivity index is 0.000000257. The summed E-state index contributed by atoms with van der Waals surface area (Å²) in [5.41, 5.74) is 2.67. The molecule has 0 aliphatic carbocycles. The highest BCUT2D eigenvalue weighted by molar-refractivity contribution is 7.98. The summed E-state index contributed by atoms with van der Waals surface area (Å²) in [5.74, 6) is 4.97. The Morgan fingerprint density at radius 2 is 1.76 bits per heavy atom. The number of fused-ring (bicyclic) bond motifs is 1. The third-order valence-corrected chi connectivity index (χ3v) is 5.78. The van der Waals surface area contributed by atoms with Crippen LogP contribution < -0.4 is 0 Å². The Morgan fingerprint density at radius 3 is 2.30 bits per heavy atom. The molecule has 0 saturated heterocycles. The summed E-state index contributed by atoms with van der Waals surface area (Å²) < 4.78 is 5.30. The zero-order chi connectivity index (χ0) is 24.4. The maximum Gasteiger partial charge on any atom is 0.411 e. The first kappa shape index (κ1) is 26.3. The largest absolute Gasteiger partial charge is 0.480 e. The second-order valence-corrected chi connectivity index (χ2v) is 9.59. The Morgan fingerprint density at radius 1 is 1.12 bits per heavy atom. The van der Waals surface area contributed by atoms with E-state index in [2.05, 4.69) is 42.4 Å². The fourth-order valence-electron chi connectivity index (χ4n) is 3.38. The lowest BCUT2D eigenvalue weighted by atomic mass is 9.94. The summed E-state index contributed by atoms with van der Waals surface area (Å²) in [6.07, 6.45) is 3.85. The molecule has 3 rings (SSSR count). The number of aliphatic carboxylic acids is 1. The van der Waals surface area contributed by atoms with Crippen molar-refractivity contribution in [1.82, 2.24) is 4.90 Å². The maximum absolute atomic E-state index is 12.2. The van der Waals surface area contributed by atoms with Crippen LogP contribution in [0.1, 0.15) is 50.8 Å². The first-order valence-corrected chi connectivity index (χ1v) is 12.2. The molecule has 33 heavy (non-hydrogen) atoms. The predicted molar refractivity (Wildman–Crippen MR) is 133 cm³/mol. The monoisotopic (exact) mass is 467 g/mol. The van der Waals surface area contributed by atoms with Gasteiger partial charge in [0, 0.05) is 17.7 Å². The van der Waals surface area contributed by atoms with Crippen LogP contribution in [0.25, 0.3) is 0 Å². The summed E-state index contributed by atoms with van der Waals surface area (Å²) in [7, 11) is 0. The number of amides is 1. The van der Waals surface area contributed by atoms with Crippen LogP contribution >= 0.6 is 11.8 Å². The average molecular weight is 468 g/mol. The van der Waals surface area contributed by atoms with E-state index in [0.29, 0.717) is 6.42 Å². The van der Waals surface area contributed by atoms with Crippen molar-refractivity contribution in [1.29, 1.82) is 0 Å². The van der Waals surface area contributed by atoms with Crippen molar-refractivity contribution in [2.75, 3.05) is 6.26 Å². The van der Waals surface area contributed by atoms with Crippen LogP contribution in [0.2, 0.25) is 0 Å². The van der Waals surface area contributed by atoms with Crippen molar-refractivity contribution < 1.29 is 19.4 Å². The molecule has 0 spiro atoms. The molecule has 0 aromatic heterocycles. The Kier molecular flexibility index (Phi) is 9.87. The maximum atomic E-state index is 12.2. The molecular weight excluding hydrogens is 434 g/mol. The molecule has 1 unspecified atom stereocenters. The lowest BCUT2D eigenvalue weighted by Crippen LogP contribution is -2.50. The molecule has 5 nitrogen and oxygen atoms in total. The predicted octanol–water partition coefficient (Wildman–Crippen LogP) is 5.80. The number of carbonyl (C=O) groups is 2. The molecule has 0 radical (unpaired) electrons. The molecule has 2 aromatic carbocycles. The number of aryl methyl sites for hydroxylation is 1. The van der Waals surface area contributed by atoms with E-state index in [1.165, 1.54) is 15.4 Å². The van der Waals surface area contributed by atoms with Crippen LogP contribution in [0.3, 0.4) is 0 Å². The molecule has 1 atom stereocenters. The minimum Gasteiger partial charge on any atom is -0.480 e. The standard InChI is InChI=1S/C15H19NO4.C12H14S/c1-15(2,3)20-14(19)16-9-11-7-5-4-6-10(11)8-12(16)13(17)18;1-3-4-5-6-11-7-9-12(13-2)10-8-11/h4-7,12H,8-9H2,1-3H3,(H,17,18);7-10H,5-6H2,1-2H3. The minimum absolute atomic E-state index is 0.266. The highest BCUT2D eigenvalue weighted by atomic mass is 32.2. The first-order valence-electron chi connectivity index (χ1n) is 11.0. The van der Waals surface area contributed by atoms with E-state index in [0.717, 1.165) is 24.0 Å². The quantitative estimate of drug-likeness (QED) is 0.455. The van der Waals surface area contributed by atoms with Gasteiger partial charge in [-0.25, -0.2) is 9.59 Å². The van der Waals surface area contributed by atoms with Crippen LogP contribution in [0.4, 0.5) is 4.79 Å². The van der Waals surface area contributed by atoms with Gasteiger partial charge in [0.15, 0.2) is 0 Å². The van der Waals surface area contributed by atoms with Crippen molar-refractivity contribution in [2.45, 2.75) is 70.0 Å². The second-order valence-electron chi connectivity index (χ2n) is 8.71. The van der Waals surface area contributed by atoms with Gasteiger partial charge in [0.25, 0.3) is 0 Å². The normalized spacial score (nSPS) is 14.7. The smallest absolute Gasteiger partial charge is 0.411 e. The summed E-state index contributed by atoms with van der Waals surface area (Å²) in [4.78, 5) is 26.2. The van der Waals surface area contributed by atoms with Gasteiger partial charge in [-0.2, -0.15) is 0 Å². The Hall–Kier alpha value is -2.91. The van der Waals surface area contributed by atoms with E-state index < -0.39 is 23.7 Å². The van der Waals surface area contributed by atoms with Crippen molar-refractivity contribution in [2.24, 2.45) is 0 Å². The molecule has 6 heteroatoms. The number of hydrogen-bond acceptors (Lipinski definition) is 4. The molecule has 0 saturated carbocycles. The number of carbonyl (C=O) groups excluding carboxylic acids is 1. The van der Waals surface area contributed by atoms with E-state index >= 15 is 0 Å². The van der Waals surface area contributed by atoms with Crippen molar-refractivity contribution in [3.8, 4) is 11.8 Å². The number of carboxylic acids is 1. The fraction of sp³-hybridized carbons (Fsp3) is 0.407. The third kappa shape index (κ3) is 8.51. The number of hydrogen-bond donors (Lipinski definition) is 1. The number of ether oxygens (including phenoxy) is 1. The van der Waals surface area contributed by atoms with Crippen molar-refractivity contribution in [3.05, 3.63) is 65.2 Å². The summed E-state index contributed by atoms with van der Waals surface area (Å²) in [5, 5.41) is 9.33. The molecule has 176 valence electrons. The van der Waals surface area contributed by atoms with E-state index in [1.54, 1.807) is 32.5 Å². The van der Waals surface area contributed by atoms with Crippen LogP contribution in [-0.4, -0.2) is 40.0 Å². The molecule has 0 fully saturated rings. The summed E-state index contributed by atoms with van der Waals surface area (Å²) in [6.45, 7) is 7.44. The van der Waals surface area contributed by atoms with Crippen LogP contribution in [0.5, 0.6) is 0 Å². The van der Waals surface area contributed by atoms with Gasteiger partial charge >= 0.3 is 12.1 Å². The molecule has 1 heterocycles. The van der Waals surface area contributed by atoms with Gasteiger partial charge in [-0.05, 0) is 69.2 Å². The van der Waals surface area contributed by atoms with Crippen molar-refractivity contribution >= 4 is 23.8 Å². The van der Waals surface area contributed by atoms with Gasteiger partial charge in [-0.15, -0.1) is 23.6 Å². The Bertz CT molecular complexity index is 999. The van der Waals surface area contributed by atoms with E-state index in [9.17, 15) is 14.7 Å². The SMILES string of the molecule is CC#CCCc1ccc(SC)cc1.CC(C)(C)OC(=O)N1Cc2ccccc2CC1C(=O)O. The first-order chi connectivity index (χ1) is 15.6. The molecule has 0 bridgehead atoms. The zero-order valence-corrected chi connectivity index (χ0v) is 20.9.